The van der Waals surface area contributed by atoms with Crippen molar-refractivity contribution in [3.05, 3.63) is 23.5 Å². The number of dihydropyridines is 1. The lowest BCUT2D eigenvalue weighted by Crippen LogP contribution is -2.36. The van der Waals surface area contributed by atoms with Gasteiger partial charge in [0.15, 0.2) is 0 Å². The average molecular weight is 170 g/mol. The summed E-state index contributed by atoms with van der Waals surface area (Å²) in [4.78, 5) is -1.16. The van der Waals surface area contributed by atoms with Gasteiger partial charge in [0.05, 0.1) is 0 Å². The Balaban J connectivity index is 2.96. The Bertz CT molecular complexity index is 274. The van der Waals surface area contributed by atoms with Crippen molar-refractivity contribution in [2.75, 3.05) is 0 Å². The second kappa shape index (κ2) is 2.48. The van der Waals surface area contributed by atoms with Crippen LogP contribution in [0.3, 0.4) is 0 Å². The molecule has 0 aliphatic carbocycles. The maximum atomic E-state index is 8.58. The van der Waals surface area contributed by atoms with Crippen LogP contribution in [0, 0.1) is 11.3 Å². The van der Waals surface area contributed by atoms with Gasteiger partial charge in [-0.1, -0.05) is 11.6 Å². The molecule has 0 spiro atoms. The highest BCUT2D eigenvalue weighted by molar-refractivity contribution is 6.27. The number of allylic oxidation sites excluding steroid dienone is 1. The van der Waals surface area contributed by atoms with Gasteiger partial charge in [-0.05, 0) is 18.6 Å². The van der Waals surface area contributed by atoms with Crippen molar-refractivity contribution in [3.63, 3.8) is 0 Å². The fraction of sp³-hybridized carbons (Fsp3) is 0.286. The van der Waals surface area contributed by atoms with E-state index in [1.54, 1.807) is 6.20 Å². The third-order valence-corrected chi connectivity index (χ3v) is 1.77. The van der Waals surface area contributed by atoms with E-state index in [1.165, 1.54) is 6.08 Å². The third-order valence-electron chi connectivity index (χ3n) is 1.47. The van der Waals surface area contributed by atoms with E-state index < -0.39 is 5.00 Å². The molecule has 1 heterocycles. The van der Waals surface area contributed by atoms with Crippen LogP contribution in [0.4, 0.5) is 0 Å². The molecule has 0 bridgehead atoms. The van der Waals surface area contributed by atoms with Crippen LogP contribution in [-0.4, -0.2) is 5.00 Å². The molecule has 1 rings (SSSR count). The smallest absolute Gasteiger partial charge is 0.221 e. The van der Waals surface area contributed by atoms with Crippen molar-refractivity contribution in [2.45, 2.75) is 11.9 Å². The Morgan fingerprint density at radius 1 is 1.82 bits per heavy atom. The van der Waals surface area contributed by atoms with Crippen LogP contribution in [0.15, 0.2) is 23.5 Å². The Kier molecular flexibility index (Phi) is 1.79. The highest BCUT2D eigenvalue weighted by Gasteiger charge is 2.25. The molecule has 3 nitrogen and oxygen atoms in total. The normalized spacial score (nSPS) is 29.5. The van der Waals surface area contributed by atoms with E-state index in [-0.39, 0.29) is 0 Å². The lowest BCUT2D eigenvalue weighted by Gasteiger charge is -2.21. The fourth-order valence-electron chi connectivity index (χ4n) is 0.731. The fourth-order valence-corrected chi connectivity index (χ4v) is 0.903. The molecule has 58 valence electrons. The number of rotatable bonds is 0. The van der Waals surface area contributed by atoms with Gasteiger partial charge in [-0.15, -0.1) is 0 Å². The van der Waals surface area contributed by atoms with Gasteiger partial charge in [0.2, 0.25) is 5.00 Å². The van der Waals surface area contributed by atoms with E-state index in [0.717, 1.165) is 5.57 Å². The molecule has 4 heteroatoms. The number of nitrogens with zero attached hydrogens (tertiary/aromatic N) is 1. The number of alkyl halides is 1. The summed E-state index contributed by atoms with van der Waals surface area (Å²) in [5, 5.41) is 11.3. The van der Waals surface area contributed by atoms with Crippen molar-refractivity contribution in [1.82, 2.24) is 5.32 Å². The van der Waals surface area contributed by atoms with Crippen LogP contribution in [0.5, 0.6) is 0 Å². The zero-order valence-corrected chi connectivity index (χ0v) is 6.81. The van der Waals surface area contributed by atoms with Crippen molar-refractivity contribution >= 4 is 11.6 Å². The first kappa shape index (κ1) is 7.96. The molecule has 0 aromatic carbocycles. The summed E-state index contributed by atoms with van der Waals surface area (Å²) < 4.78 is 0. The summed E-state index contributed by atoms with van der Waals surface area (Å²) in [6.45, 7) is 1.84. The van der Waals surface area contributed by atoms with Gasteiger partial charge in [-0.25, -0.2) is 0 Å². The topological polar surface area (TPSA) is 61.8 Å². The minimum atomic E-state index is -1.16. The third kappa shape index (κ3) is 1.47. The number of nitrogens with two attached hydrogens (primary N) is 1. The van der Waals surface area contributed by atoms with Crippen LogP contribution in [0.2, 0.25) is 0 Å². The van der Waals surface area contributed by atoms with Gasteiger partial charge in [-0.3, -0.25) is 0 Å². The number of nitriles is 1. The van der Waals surface area contributed by atoms with Crippen LogP contribution in [0.1, 0.15) is 6.92 Å². The Morgan fingerprint density at radius 3 is 2.91 bits per heavy atom. The number of nitrogens with one attached hydrogen (secondary N) is 1. The Morgan fingerprint density at radius 2 is 2.45 bits per heavy atom. The molecule has 0 aromatic rings. The monoisotopic (exact) mass is 169 g/mol. The number of hydrogen-bond acceptors (Lipinski definition) is 3. The van der Waals surface area contributed by atoms with Crippen molar-refractivity contribution in [3.8, 4) is 6.07 Å². The molecule has 0 saturated carbocycles. The van der Waals surface area contributed by atoms with Crippen molar-refractivity contribution < 1.29 is 0 Å². The Hall–Kier alpha value is -1.14. The maximum absolute atomic E-state index is 8.58. The van der Waals surface area contributed by atoms with Crippen LogP contribution >= 0.6 is 11.6 Å². The molecule has 0 amide bonds. The highest BCUT2D eigenvalue weighted by atomic mass is 35.5. The summed E-state index contributed by atoms with van der Waals surface area (Å²) in [6, 6.07) is 1.88. The van der Waals surface area contributed by atoms with Gasteiger partial charge in [0.1, 0.15) is 6.07 Å². The maximum Gasteiger partial charge on any atom is 0.221 e. The molecule has 0 aromatic heterocycles. The predicted octanol–water partition coefficient (Wildman–Crippen LogP) is 0.795. The van der Waals surface area contributed by atoms with Gasteiger partial charge >= 0.3 is 0 Å². The molecule has 1 aliphatic rings. The molecular formula is C7H8ClN3. The number of hydrogen-bond donors (Lipinski definition) is 2. The molecule has 0 saturated heterocycles. The molecule has 1 unspecified atom stereocenters. The van der Waals surface area contributed by atoms with E-state index in [9.17, 15) is 0 Å². The minimum absolute atomic E-state index is 0.542. The molecule has 3 N–H and O–H groups in total. The molecule has 1 atom stereocenters. The standard InChI is InChI=1S/C7H8ClN3/c1-5-3-11-7(8,4-9)2-6(5)10/h2-3,11H,10H2,1H3. The second-order valence-electron chi connectivity index (χ2n) is 2.39. The highest BCUT2D eigenvalue weighted by Crippen LogP contribution is 2.20. The van der Waals surface area contributed by atoms with Gasteiger partial charge in [0, 0.05) is 11.9 Å². The first-order chi connectivity index (χ1) is 5.07. The van der Waals surface area contributed by atoms with Crippen LogP contribution < -0.4 is 11.1 Å². The molecule has 0 radical (unpaired) electrons. The van der Waals surface area contributed by atoms with E-state index in [4.69, 9.17) is 22.6 Å². The second-order valence-corrected chi connectivity index (χ2v) is 2.99. The zero-order chi connectivity index (χ0) is 8.48. The summed E-state index contributed by atoms with van der Waals surface area (Å²) in [7, 11) is 0. The largest absolute Gasteiger partial charge is 0.399 e. The van der Waals surface area contributed by atoms with E-state index in [1.807, 2.05) is 13.0 Å². The molecule has 0 fully saturated rings. The summed E-state index contributed by atoms with van der Waals surface area (Å²) in [6.07, 6.45) is 3.12. The predicted molar refractivity (Wildman–Crippen MR) is 43.4 cm³/mol. The summed E-state index contributed by atoms with van der Waals surface area (Å²) in [5.74, 6) is 0. The quantitative estimate of drug-likeness (QED) is 0.417. The van der Waals surface area contributed by atoms with E-state index >= 15 is 0 Å². The zero-order valence-electron chi connectivity index (χ0n) is 6.06. The lowest BCUT2D eigenvalue weighted by molar-refractivity contribution is 0.748. The van der Waals surface area contributed by atoms with Crippen molar-refractivity contribution in [1.29, 1.82) is 5.26 Å². The van der Waals surface area contributed by atoms with E-state index in [0.29, 0.717) is 5.70 Å². The van der Waals surface area contributed by atoms with Gasteiger partial charge in [0.25, 0.3) is 0 Å². The van der Waals surface area contributed by atoms with E-state index in [2.05, 4.69) is 5.32 Å². The van der Waals surface area contributed by atoms with Crippen LogP contribution in [0.25, 0.3) is 0 Å². The molecule has 1 aliphatic heterocycles. The first-order valence-corrected chi connectivity index (χ1v) is 3.48. The number of halogens is 1. The Labute approximate surface area is 70.1 Å². The SMILES string of the molecule is CC1=CNC(Cl)(C#N)C=C1N. The van der Waals surface area contributed by atoms with Crippen LogP contribution in [-0.2, 0) is 0 Å². The van der Waals surface area contributed by atoms with Gasteiger partial charge < -0.3 is 11.1 Å². The first-order valence-electron chi connectivity index (χ1n) is 3.11. The summed E-state index contributed by atoms with van der Waals surface area (Å²) >= 11 is 5.75. The molecular weight excluding hydrogens is 162 g/mol. The molecule has 11 heavy (non-hydrogen) atoms. The van der Waals surface area contributed by atoms with Gasteiger partial charge in [-0.2, -0.15) is 5.26 Å². The minimum Gasteiger partial charge on any atom is -0.399 e. The lowest BCUT2D eigenvalue weighted by atomic mass is 10.1. The average Bonchev–Trinajstić information content (AvgIpc) is 1.98. The van der Waals surface area contributed by atoms with Crippen molar-refractivity contribution in [2.24, 2.45) is 5.73 Å². The summed E-state index contributed by atoms with van der Waals surface area (Å²) in [5.41, 5.74) is 6.97.